The maximum Gasteiger partial charge on any atom is -0.0193 e. The molecule has 0 spiro atoms. The molecule has 74 valence electrons. The molecular formula is C14H18. The average Bonchev–Trinajstić information content (AvgIpc) is 2.20. The summed E-state index contributed by atoms with van der Waals surface area (Å²) in [6, 6.07) is 6.43. The highest BCUT2D eigenvalue weighted by molar-refractivity contribution is 5.71. The number of allylic oxidation sites excluding steroid dienone is 3. The summed E-state index contributed by atoms with van der Waals surface area (Å²) < 4.78 is 0. The second kappa shape index (κ2) is 4.28. The molecule has 0 heteroatoms. The Morgan fingerprint density at radius 1 is 1.21 bits per heavy atom. The molecule has 0 aliphatic carbocycles. The van der Waals surface area contributed by atoms with Gasteiger partial charge in [0.1, 0.15) is 0 Å². The van der Waals surface area contributed by atoms with E-state index in [1.165, 1.54) is 27.8 Å². The first-order valence-corrected chi connectivity index (χ1v) is 4.94. The molecule has 0 aliphatic heterocycles. The third kappa shape index (κ3) is 1.95. The van der Waals surface area contributed by atoms with Gasteiger partial charge in [-0.2, -0.15) is 0 Å². The molecule has 0 bridgehead atoms. The predicted octanol–water partition coefficient (Wildman–Crippen LogP) is 4.28. The predicted molar refractivity (Wildman–Crippen MR) is 64.4 cm³/mol. The van der Waals surface area contributed by atoms with Gasteiger partial charge in [0.05, 0.1) is 0 Å². The zero-order valence-electron chi connectivity index (χ0n) is 9.52. The molecule has 14 heavy (non-hydrogen) atoms. The van der Waals surface area contributed by atoms with E-state index in [1.807, 2.05) is 6.08 Å². The SMILES string of the molecule is C=CC(C)=C(C)c1cccc(C)c1C. The fourth-order valence-electron chi connectivity index (χ4n) is 1.52. The van der Waals surface area contributed by atoms with Crippen LogP contribution in [0, 0.1) is 13.8 Å². The van der Waals surface area contributed by atoms with Gasteiger partial charge in [-0.25, -0.2) is 0 Å². The molecule has 0 saturated heterocycles. The van der Waals surface area contributed by atoms with Crippen molar-refractivity contribution in [3.8, 4) is 0 Å². The average molecular weight is 186 g/mol. The number of hydrogen-bond acceptors (Lipinski definition) is 0. The van der Waals surface area contributed by atoms with Crippen molar-refractivity contribution in [3.63, 3.8) is 0 Å². The lowest BCUT2D eigenvalue weighted by Crippen LogP contribution is -1.90. The number of benzene rings is 1. The zero-order valence-corrected chi connectivity index (χ0v) is 9.52. The van der Waals surface area contributed by atoms with Crippen molar-refractivity contribution in [2.45, 2.75) is 27.7 Å². The molecule has 0 aromatic heterocycles. The van der Waals surface area contributed by atoms with Gasteiger partial charge in [0.2, 0.25) is 0 Å². The van der Waals surface area contributed by atoms with E-state index in [0.717, 1.165) is 0 Å². The van der Waals surface area contributed by atoms with Gasteiger partial charge in [-0.3, -0.25) is 0 Å². The van der Waals surface area contributed by atoms with Gasteiger partial charge in [-0.1, -0.05) is 30.9 Å². The van der Waals surface area contributed by atoms with Gasteiger partial charge in [0.15, 0.2) is 0 Å². The van der Waals surface area contributed by atoms with Crippen molar-refractivity contribution in [1.82, 2.24) is 0 Å². The molecule has 1 aromatic rings. The van der Waals surface area contributed by atoms with Crippen LogP contribution < -0.4 is 0 Å². The first-order valence-electron chi connectivity index (χ1n) is 4.94. The van der Waals surface area contributed by atoms with E-state index in [0.29, 0.717) is 0 Å². The molecule has 1 aromatic carbocycles. The summed E-state index contributed by atoms with van der Waals surface area (Å²) in [7, 11) is 0. The number of aryl methyl sites for hydroxylation is 1. The zero-order chi connectivity index (χ0) is 10.7. The van der Waals surface area contributed by atoms with Crippen LogP contribution in [0.1, 0.15) is 30.5 Å². The maximum absolute atomic E-state index is 3.80. The Hall–Kier alpha value is -1.30. The Kier molecular flexibility index (Phi) is 3.29. The summed E-state index contributed by atoms with van der Waals surface area (Å²) in [5.41, 5.74) is 6.62. The highest BCUT2D eigenvalue weighted by Crippen LogP contribution is 2.23. The van der Waals surface area contributed by atoms with Gasteiger partial charge >= 0.3 is 0 Å². The van der Waals surface area contributed by atoms with E-state index in [4.69, 9.17) is 0 Å². The molecule has 0 aliphatic rings. The molecule has 0 fully saturated rings. The van der Waals surface area contributed by atoms with Crippen LogP contribution in [-0.2, 0) is 0 Å². The van der Waals surface area contributed by atoms with Crippen LogP contribution in [0.5, 0.6) is 0 Å². The second-order valence-corrected chi connectivity index (χ2v) is 3.76. The van der Waals surface area contributed by atoms with Gasteiger partial charge in [-0.15, -0.1) is 0 Å². The normalized spacial score (nSPS) is 12.3. The molecule has 0 nitrogen and oxygen atoms in total. The molecular weight excluding hydrogens is 168 g/mol. The Bertz CT molecular complexity index is 381. The smallest absolute Gasteiger partial charge is 0.0193 e. The Labute approximate surface area is 87.0 Å². The minimum Gasteiger partial charge on any atom is -0.0988 e. The van der Waals surface area contributed by atoms with Crippen molar-refractivity contribution >= 4 is 5.57 Å². The van der Waals surface area contributed by atoms with Gasteiger partial charge < -0.3 is 0 Å². The molecule has 0 atom stereocenters. The van der Waals surface area contributed by atoms with Crippen molar-refractivity contribution in [2.75, 3.05) is 0 Å². The summed E-state index contributed by atoms with van der Waals surface area (Å²) >= 11 is 0. The van der Waals surface area contributed by atoms with Crippen LogP contribution >= 0.6 is 0 Å². The number of rotatable bonds is 2. The van der Waals surface area contributed by atoms with E-state index in [9.17, 15) is 0 Å². The first kappa shape index (κ1) is 10.8. The quantitative estimate of drug-likeness (QED) is 0.605. The monoisotopic (exact) mass is 186 g/mol. The summed E-state index contributed by atoms with van der Waals surface area (Å²) in [5.74, 6) is 0. The van der Waals surface area contributed by atoms with E-state index in [2.05, 4.69) is 52.5 Å². The third-order valence-electron chi connectivity index (χ3n) is 2.91. The molecule has 0 unspecified atom stereocenters. The molecule has 0 amide bonds. The third-order valence-corrected chi connectivity index (χ3v) is 2.91. The minimum atomic E-state index is 1.25. The standard InChI is InChI=1S/C14H18/c1-6-10(2)12(4)14-9-7-8-11(3)13(14)5/h6-9H,1H2,2-5H3. The van der Waals surface area contributed by atoms with Crippen molar-refractivity contribution < 1.29 is 0 Å². The molecule has 0 N–H and O–H groups in total. The van der Waals surface area contributed by atoms with Gasteiger partial charge in [0.25, 0.3) is 0 Å². The summed E-state index contributed by atoms with van der Waals surface area (Å²) in [4.78, 5) is 0. The lowest BCUT2D eigenvalue weighted by Gasteiger charge is -2.10. The fourth-order valence-corrected chi connectivity index (χ4v) is 1.52. The maximum atomic E-state index is 3.80. The van der Waals surface area contributed by atoms with E-state index >= 15 is 0 Å². The van der Waals surface area contributed by atoms with Crippen LogP contribution in [0.4, 0.5) is 0 Å². The van der Waals surface area contributed by atoms with Gasteiger partial charge in [-0.05, 0) is 55.5 Å². The largest absolute Gasteiger partial charge is 0.0988 e. The lowest BCUT2D eigenvalue weighted by atomic mass is 9.95. The van der Waals surface area contributed by atoms with E-state index in [1.54, 1.807) is 0 Å². The molecule has 1 rings (SSSR count). The van der Waals surface area contributed by atoms with Crippen molar-refractivity contribution in [2.24, 2.45) is 0 Å². The summed E-state index contributed by atoms with van der Waals surface area (Å²) in [6.07, 6.45) is 1.91. The summed E-state index contributed by atoms with van der Waals surface area (Å²) in [6.45, 7) is 12.4. The van der Waals surface area contributed by atoms with Crippen molar-refractivity contribution in [3.05, 3.63) is 53.1 Å². The second-order valence-electron chi connectivity index (χ2n) is 3.76. The lowest BCUT2D eigenvalue weighted by molar-refractivity contribution is 1.30. The highest BCUT2D eigenvalue weighted by Gasteiger charge is 2.03. The topological polar surface area (TPSA) is 0 Å². The van der Waals surface area contributed by atoms with Crippen LogP contribution in [0.2, 0.25) is 0 Å². The molecule has 0 saturated carbocycles. The Morgan fingerprint density at radius 3 is 2.43 bits per heavy atom. The summed E-state index contributed by atoms with van der Waals surface area (Å²) in [5, 5.41) is 0. The highest BCUT2D eigenvalue weighted by atomic mass is 14.1. The minimum absolute atomic E-state index is 1.25. The van der Waals surface area contributed by atoms with Crippen molar-refractivity contribution in [1.29, 1.82) is 0 Å². The first-order chi connectivity index (χ1) is 6.57. The Balaban J connectivity index is 3.34. The molecule has 0 heterocycles. The van der Waals surface area contributed by atoms with Crippen LogP contribution in [0.3, 0.4) is 0 Å². The molecule has 0 radical (unpaired) electrons. The van der Waals surface area contributed by atoms with Crippen LogP contribution in [-0.4, -0.2) is 0 Å². The Morgan fingerprint density at radius 2 is 1.86 bits per heavy atom. The van der Waals surface area contributed by atoms with Crippen LogP contribution in [0.15, 0.2) is 36.4 Å². The van der Waals surface area contributed by atoms with E-state index in [-0.39, 0.29) is 0 Å². The number of hydrogen-bond donors (Lipinski definition) is 0. The van der Waals surface area contributed by atoms with Crippen LogP contribution in [0.25, 0.3) is 5.57 Å². The van der Waals surface area contributed by atoms with E-state index < -0.39 is 0 Å². The van der Waals surface area contributed by atoms with Gasteiger partial charge in [0, 0.05) is 0 Å². The fraction of sp³-hybridized carbons (Fsp3) is 0.286.